The van der Waals surface area contributed by atoms with Gasteiger partial charge in [0, 0.05) is 0 Å². The van der Waals surface area contributed by atoms with Gasteiger partial charge in [-0.3, -0.25) is 4.79 Å². The summed E-state index contributed by atoms with van der Waals surface area (Å²) in [6.45, 7) is 0. The summed E-state index contributed by atoms with van der Waals surface area (Å²) in [5.74, 6) is 2.64. The number of methoxy groups -OCH3 is 1. The van der Waals surface area contributed by atoms with Crippen LogP contribution < -0.4 is 0 Å². The summed E-state index contributed by atoms with van der Waals surface area (Å²) in [7, 11) is 1.53. The Labute approximate surface area is 78.6 Å². The number of carbonyl (C=O) groups is 1. The van der Waals surface area contributed by atoms with E-state index in [9.17, 15) is 4.79 Å². The van der Waals surface area contributed by atoms with Crippen LogP contribution >= 0.6 is 0 Å². The first-order valence-electron chi connectivity index (χ1n) is 5.32. The predicted molar refractivity (Wildman–Crippen MR) is 48.0 cm³/mol. The highest BCUT2D eigenvalue weighted by Crippen LogP contribution is 2.64. The average Bonchev–Trinajstić information content (AvgIpc) is 2.53. The third-order valence-corrected chi connectivity index (χ3v) is 4.54. The molecule has 4 fully saturated rings. The third kappa shape index (κ3) is 0.866. The van der Waals surface area contributed by atoms with Gasteiger partial charge < -0.3 is 4.74 Å². The maximum absolute atomic E-state index is 11.7. The molecule has 0 amide bonds. The van der Waals surface area contributed by atoms with E-state index in [0.717, 1.165) is 37.0 Å². The van der Waals surface area contributed by atoms with E-state index in [1.54, 1.807) is 0 Å². The lowest BCUT2D eigenvalue weighted by Crippen LogP contribution is -2.36. The fourth-order valence-electron chi connectivity index (χ4n) is 4.28. The molecule has 0 aromatic carbocycles. The molecule has 2 heteroatoms. The molecule has 4 bridgehead atoms. The molecule has 0 N–H and O–H groups in total. The monoisotopic (exact) mass is 180 g/mol. The second-order valence-electron chi connectivity index (χ2n) is 5.24. The van der Waals surface area contributed by atoms with Crippen LogP contribution in [-0.2, 0) is 9.53 Å². The lowest BCUT2D eigenvalue weighted by atomic mass is 9.69. The first kappa shape index (κ1) is 7.84. The first-order valence-corrected chi connectivity index (χ1v) is 5.32. The van der Waals surface area contributed by atoms with Crippen molar-refractivity contribution >= 4 is 5.97 Å². The highest BCUT2D eigenvalue weighted by Gasteiger charge is 2.59. The quantitative estimate of drug-likeness (QED) is 0.577. The molecule has 0 aromatic rings. The van der Waals surface area contributed by atoms with Gasteiger partial charge >= 0.3 is 5.97 Å². The van der Waals surface area contributed by atoms with Crippen LogP contribution in [0.15, 0.2) is 0 Å². The van der Waals surface area contributed by atoms with Crippen molar-refractivity contribution in [1.82, 2.24) is 0 Å². The summed E-state index contributed by atoms with van der Waals surface area (Å²) < 4.78 is 4.94. The zero-order chi connectivity index (χ0) is 9.05. The number of carbonyl (C=O) groups excluding carboxylic acids is 1. The van der Waals surface area contributed by atoms with Gasteiger partial charge in [0.2, 0.25) is 0 Å². The third-order valence-electron chi connectivity index (χ3n) is 4.54. The Morgan fingerprint density at radius 3 is 2.31 bits per heavy atom. The Bertz CT molecular complexity index is 239. The van der Waals surface area contributed by atoms with Gasteiger partial charge in [0.1, 0.15) is 0 Å². The van der Waals surface area contributed by atoms with Crippen molar-refractivity contribution in [3.8, 4) is 0 Å². The van der Waals surface area contributed by atoms with Gasteiger partial charge in [-0.15, -0.1) is 0 Å². The Kier molecular flexibility index (Phi) is 1.38. The molecule has 72 valence electrons. The highest BCUT2D eigenvalue weighted by atomic mass is 16.5. The summed E-state index contributed by atoms with van der Waals surface area (Å²) in [6, 6.07) is 0. The summed E-state index contributed by atoms with van der Waals surface area (Å²) >= 11 is 0. The van der Waals surface area contributed by atoms with Crippen LogP contribution in [0.25, 0.3) is 0 Å². The molecule has 0 saturated heterocycles. The second kappa shape index (κ2) is 2.28. The molecule has 0 aromatic heterocycles. The van der Waals surface area contributed by atoms with E-state index in [4.69, 9.17) is 4.74 Å². The standard InChI is InChI=1S/C11H16O2/c1-13-10(12)11-4-7-2-8(5-11)9(3-7)6-11/h7-9H,2-6H2,1H3. The van der Waals surface area contributed by atoms with E-state index >= 15 is 0 Å². The number of hydrogen-bond donors (Lipinski definition) is 0. The van der Waals surface area contributed by atoms with Gasteiger partial charge in [0.05, 0.1) is 12.5 Å². The predicted octanol–water partition coefficient (Wildman–Crippen LogP) is 1.99. The molecule has 13 heavy (non-hydrogen) atoms. The zero-order valence-electron chi connectivity index (χ0n) is 8.08. The smallest absolute Gasteiger partial charge is 0.311 e. The van der Waals surface area contributed by atoms with Gasteiger partial charge in [-0.05, 0) is 49.9 Å². The summed E-state index contributed by atoms with van der Waals surface area (Å²) in [6.07, 6.45) is 6.15. The van der Waals surface area contributed by atoms with E-state index in [1.807, 2.05) is 0 Å². The van der Waals surface area contributed by atoms with Gasteiger partial charge in [-0.25, -0.2) is 0 Å². The molecule has 0 aliphatic heterocycles. The van der Waals surface area contributed by atoms with E-state index in [1.165, 1.54) is 20.0 Å². The topological polar surface area (TPSA) is 26.3 Å². The maximum Gasteiger partial charge on any atom is 0.311 e. The van der Waals surface area contributed by atoms with Crippen molar-refractivity contribution in [3.05, 3.63) is 0 Å². The molecule has 2 atom stereocenters. The second-order valence-corrected chi connectivity index (χ2v) is 5.24. The van der Waals surface area contributed by atoms with Crippen LogP contribution in [0, 0.1) is 23.2 Å². The fourth-order valence-corrected chi connectivity index (χ4v) is 4.28. The molecule has 4 saturated carbocycles. The maximum atomic E-state index is 11.7. The first-order chi connectivity index (χ1) is 6.23. The fraction of sp³-hybridized carbons (Fsp3) is 0.909. The van der Waals surface area contributed by atoms with E-state index in [0.29, 0.717) is 0 Å². The molecule has 0 spiro atoms. The van der Waals surface area contributed by atoms with E-state index in [2.05, 4.69) is 0 Å². The van der Waals surface area contributed by atoms with E-state index < -0.39 is 0 Å². The van der Waals surface area contributed by atoms with Crippen LogP contribution in [0.1, 0.15) is 32.1 Å². The Morgan fingerprint density at radius 2 is 1.85 bits per heavy atom. The minimum atomic E-state index is -0.0365. The van der Waals surface area contributed by atoms with Crippen LogP contribution in [0.5, 0.6) is 0 Å². The molecule has 4 rings (SSSR count). The SMILES string of the molecule is COC(=O)C12CC3CC(C1)C(C3)C2. The Hall–Kier alpha value is -0.530. The number of ether oxygens (including phenoxy) is 1. The number of hydrogen-bond acceptors (Lipinski definition) is 2. The van der Waals surface area contributed by atoms with Crippen molar-refractivity contribution in [3.63, 3.8) is 0 Å². The Balaban J connectivity index is 1.92. The van der Waals surface area contributed by atoms with Crippen LogP contribution in [0.4, 0.5) is 0 Å². The molecule has 2 nitrogen and oxygen atoms in total. The largest absolute Gasteiger partial charge is 0.469 e. The number of esters is 1. The minimum Gasteiger partial charge on any atom is -0.469 e. The summed E-state index contributed by atoms with van der Waals surface area (Å²) in [5, 5.41) is 0. The normalized spacial score (nSPS) is 51.3. The van der Waals surface area contributed by atoms with Gasteiger partial charge in [-0.2, -0.15) is 0 Å². The van der Waals surface area contributed by atoms with Crippen molar-refractivity contribution in [1.29, 1.82) is 0 Å². The van der Waals surface area contributed by atoms with Crippen LogP contribution in [0.2, 0.25) is 0 Å². The molecular weight excluding hydrogens is 164 g/mol. The van der Waals surface area contributed by atoms with Gasteiger partial charge in [0.15, 0.2) is 0 Å². The Morgan fingerprint density at radius 1 is 1.23 bits per heavy atom. The van der Waals surface area contributed by atoms with Gasteiger partial charge in [-0.1, -0.05) is 0 Å². The van der Waals surface area contributed by atoms with E-state index in [-0.39, 0.29) is 11.4 Å². The molecule has 4 aliphatic rings. The van der Waals surface area contributed by atoms with Crippen LogP contribution in [0.3, 0.4) is 0 Å². The number of rotatable bonds is 1. The molecule has 0 heterocycles. The van der Waals surface area contributed by atoms with Gasteiger partial charge in [0.25, 0.3) is 0 Å². The summed E-state index contributed by atoms with van der Waals surface area (Å²) in [4.78, 5) is 11.7. The van der Waals surface area contributed by atoms with Crippen molar-refractivity contribution in [2.75, 3.05) is 7.11 Å². The minimum absolute atomic E-state index is 0.0365. The molecule has 4 aliphatic carbocycles. The molecule has 2 unspecified atom stereocenters. The highest BCUT2D eigenvalue weighted by molar-refractivity contribution is 5.77. The average molecular weight is 180 g/mol. The zero-order valence-corrected chi connectivity index (χ0v) is 8.08. The summed E-state index contributed by atoms with van der Waals surface area (Å²) in [5.41, 5.74) is -0.0365. The lowest BCUT2D eigenvalue weighted by molar-refractivity contribution is -0.155. The lowest BCUT2D eigenvalue weighted by Gasteiger charge is -2.35. The van der Waals surface area contributed by atoms with Crippen molar-refractivity contribution < 1.29 is 9.53 Å². The molecule has 0 radical (unpaired) electrons. The van der Waals surface area contributed by atoms with Crippen LogP contribution in [-0.4, -0.2) is 13.1 Å². The van der Waals surface area contributed by atoms with Crippen molar-refractivity contribution in [2.24, 2.45) is 23.2 Å². The molecular formula is C11H16O2. The van der Waals surface area contributed by atoms with Crippen molar-refractivity contribution in [2.45, 2.75) is 32.1 Å².